The summed E-state index contributed by atoms with van der Waals surface area (Å²) in [5.74, 6) is 0.870. The maximum atomic E-state index is 12.6. The fraction of sp³-hybridized carbons (Fsp3) is 0.524. The van der Waals surface area contributed by atoms with Crippen molar-refractivity contribution in [1.29, 1.82) is 0 Å². The summed E-state index contributed by atoms with van der Waals surface area (Å²) in [6, 6.07) is 7.43. The highest BCUT2D eigenvalue weighted by molar-refractivity contribution is 5.89. The molecule has 2 saturated heterocycles. The van der Waals surface area contributed by atoms with Crippen molar-refractivity contribution in [3.8, 4) is 5.75 Å². The number of piperazine rings is 1. The lowest BCUT2D eigenvalue weighted by Gasteiger charge is -2.35. The van der Waals surface area contributed by atoms with Crippen LogP contribution in [-0.4, -0.2) is 67.5 Å². The van der Waals surface area contributed by atoms with Gasteiger partial charge in [0.25, 0.3) is 0 Å². The number of likely N-dealkylation sites (tertiary alicyclic amines) is 1. The third-order valence-electron chi connectivity index (χ3n) is 5.29. The number of carbonyl (C=O) groups excluding carboxylic acids is 2. The van der Waals surface area contributed by atoms with Gasteiger partial charge < -0.3 is 15.0 Å². The predicted molar refractivity (Wildman–Crippen MR) is 105 cm³/mol. The molecule has 27 heavy (non-hydrogen) atoms. The van der Waals surface area contributed by atoms with Gasteiger partial charge in [0.15, 0.2) is 0 Å². The Kier molecular flexibility index (Phi) is 6.87. The van der Waals surface area contributed by atoms with Gasteiger partial charge in [-0.25, -0.2) is 0 Å². The average molecular weight is 371 g/mol. The maximum absolute atomic E-state index is 12.6. The van der Waals surface area contributed by atoms with Crippen LogP contribution in [0.3, 0.4) is 0 Å². The van der Waals surface area contributed by atoms with Crippen LogP contribution in [0, 0.1) is 0 Å². The Morgan fingerprint density at radius 2 is 2.00 bits per heavy atom. The molecular weight excluding hydrogens is 342 g/mol. The lowest BCUT2D eigenvalue weighted by Crippen LogP contribution is -2.56. The monoisotopic (exact) mass is 371 g/mol. The summed E-state index contributed by atoms with van der Waals surface area (Å²) in [5, 5.41) is 2.90. The van der Waals surface area contributed by atoms with Crippen LogP contribution >= 0.6 is 0 Å². The van der Waals surface area contributed by atoms with E-state index in [1.54, 1.807) is 7.11 Å². The molecule has 0 aliphatic carbocycles. The van der Waals surface area contributed by atoms with Crippen molar-refractivity contribution in [3.63, 3.8) is 0 Å². The molecule has 3 rings (SSSR count). The Morgan fingerprint density at radius 1 is 1.22 bits per heavy atom. The van der Waals surface area contributed by atoms with E-state index in [0.29, 0.717) is 13.1 Å². The molecule has 2 aliphatic heterocycles. The van der Waals surface area contributed by atoms with E-state index in [0.717, 1.165) is 43.8 Å². The van der Waals surface area contributed by atoms with E-state index in [4.69, 9.17) is 4.74 Å². The minimum atomic E-state index is -0.393. The van der Waals surface area contributed by atoms with Crippen molar-refractivity contribution in [2.24, 2.45) is 0 Å². The van der Waals surface area contributed by atoms with Gasteiger partial charge in [0, 0.05) is 38.3 Å². The van der Waals surface area contributed by atoms with Gasteiger partial charge in [-0.3, -0.25) is 14.5 Å². The molecule has 6 heteroatoms. The SMILES string of the molecule is COc1ccccc1/C=C/CN1CCNC(=O)[C@@H]1CC(=O)N1CCCCC1. The standard InChI is InChI=1S/C21H29N3O3/c1-27-19-10-4-3-8-17(19)9-7-14-23-15-11-22-21(26)18(23)16-20(25)24-12-5-2-6-13-24/h3-4,7-10,18H,2,5-6,11-16H2,1H3,(H,22,26)/b9-7+/t18-/m0/s1. The zero-order valence-corrected chi connectivity index (χ0v) is 16.0. The van der Waals surface area contributed by atoms with Crippen molar-refractivity contribution in [2.45, 2.75) is 31.7 Å². The van der Waals surface area contributed by atoms with Crippen LogP contribution in [0.2, 0.25) is 0 Å². The molecule has 146 valence electrons. The highest BCUT2D eigenvalue weighted by Crippen LogP contribution is 2.19. The molecule has 1 N–H and O–H groups in total. The summed E-state index contributed by atoms with van der Waals surface area (Å²) in [6.07, 6.45) is 7.62. The minimum absolute atomic E-state index is 0.0442. The molecule has 0 unspecified atom stereocenters. The van der Waals surface area contributed by atoms with Gasteiger partial charge in [-0.05, 0) is 25.3 Å². The normalized spacial score (nSPS) is 21.3. The lowest BCUT2D eigenvalue weighted by atomic mass is 10.1. The average Bonchev–Trinajstić information content (AvgIpc) is 2.71. The molecule has 2 amide bonds. The van der Waals surface area contributed by atoms with Gasteiger partial charge in [-0.2, -0.15) is 0 Å². The first kappa shape index (κ1) is 19.4. The number of carbonyl (C=O) groups is 2. The Labute approximate surface area is 161 Å². The molecule has 0 bridgehead atoms. The molecule has 2 aliphatic rings. The van der Waals surface area contributed by atoms with Crippen LogP contribution in [0.15, 0.2) is 30.3 Å². The number of amides is 2. The Bertz CT molecular complexity index is 683. The van der Waals surface area contributed by atoms with Gasteiger partial charge in [0.05, 0.1) is 19.6 Å². The summed E-state index contributed by atoms with van der Waals surface area (Å²) >= 11 is 0. The second kappa shape index (κ2) is 9.55. The van der Waals surface area contributed by atoms with Crippen LogP contribution in [0.1, 0.15) is 31.2 Å². The van der Waals surface area contributed by atoms with Crippen LogP contribution in [0.4, 0.5) is 0 Å². The van der Waals surface area contributed by atoms with E-state index < -0.39 is 6.04 Å². The first-order valence-electron chi connectivity index (χ1n) is 9.78. The minimum Gasteiger partial charge on any atom is -0.496 e. The molecule has 6 nitrogen and oxygen atoms in total. The highest BCUT2D eigenvalue weighted by atomic mass is 16.5. The van der Waals surface area contributed by atoms with E-state index in [1.807, 2.05) is 41.3 Å². The lowest BCUT2D eigenvalue weighted by molar-refractivity contribution is -0.139. The van der Waals surface area contributed by atoms with Gasteiger partial charge >= 0.3 is 0 Å². The van der Waals surface area contributed by atoms with Gasteiger partial charge in [0.2, 0.25) is 11.8 Å². The van der Waals surface area contributed by atoms with Crippen molar-refractivity contribution >= 4 is 17.9 Å². The summed E-state index contributed by atoms with van der Waals surface area (Å²) in [7, 11) is 1.66. The molecule has 1 atom stereocenters. The van der Waals surface area contributed by atoms with E-state index in [9.17, 15) is 9.59 Å². The Morgan fingerprint density at radius 3 is 2.78 bits per heavy atom. The largest absolute Gasteiger partial charge is 0.496 e. The molecule has 2 fully saturated rings. The molecule has 0 saturated carbocycles. The Balaban J connectivity index is 1.62. The smallest absolute Gasteiger partial charge is 0.237 e. The first-order valence-corrected chi connectivity index (χ1v) is 9.78. The van der Waals surface area contributed by atoms with Crippen molar-refractivity contribution in [1.82, 2.24) is 15.1 Å². The summed E-state index contributed by atoms with van der Waals surface area (Å²) < 4.78 is 5.37. The molecule has 1 aromatic rings. The number of para-hydroxylation sites is 1. The number of ether oxygens (including phenoxy) is 1. The second-order valence-corrected chi connectivity index (χ2v) is 7.09. The second-order valence-electron chi connectivity index (χ2n) is 7.09. The number of nitrogens with one attached hydrogen (secondary N) is 1. The van der Waals surface area contributed by atoms with Crippen molar-refractivity contribution in [3.05, 3.63) is 35.9 Å². The highest BCUT2D eigenvalue weighted by Gasteiger charge is 2.32. The molecule has 0 spiro atoms. The zero-order chi connectivity index (χ0) is 19.1. The number of nitrogens with zero attached hydrogens (tertiary/aromatic N) is 2. The first-order chi connectivity index (χ1) is 13.2. The predicted octanol–water partition coefficient (Wildman–Crippen LogP) is 1.91. The number of piperidine rings is 1. The van der Waals surface area contributed by atoms with Crippen LogP contribution < -0.4 is 10.1 Å². The van der Waals surface area contributed by atoms with Gasteiger partial charge in [-0.15, -0.1) is 0 Å². The quantitative estimate of drug-likeness (QED) is 0.830. The van der Waals surface area contributed by atoms with E-state index in [2.05, 4.69) is 10.2 Å². The zero-order valence-electron chi connectivity index (χ0n) is 16.0. The van der Waals surface area contributed by atoms with Gasteiger partial charge in [-0.1, -0.05) is 30.4 Å². The van der Waals surface area contributed by atoms with Gasteiger partial charge in [0.1, 0.15) is 5.75 Å². The third-order valence-corrected chi connectivity index (χ3v) is 5.29. The summed E-state index contributed by atoms with van der Waals surface area (Å²) in [4.78, 5) is 29.0. The molecular formula is C21H29N3O3. The number of benzene rings is 1. The van der Waals surface area contributed by atoms with E-state index in [1.165, 1.54) is 6.42 Å². The van der Waals surface area contributed by atoms with Crippen LogP contribution in [0.25, 0.3) is 6.08 Å². The number of hydrogen-bond acceptors (Lipinski definition) is 4. The van der Waals surface area contributed by atoms with E-state index in [-0.39, 0.29) is 18.2 Å². The molecule has 2 heterocycles. The maximum Gasteiger partial charge on any atom is 0.237 e. The summed E-state index contributed by atoms with van der Waals surface area (Å²) in [5.41, 5.74) is 1.00. The Hall–Kier alpha value is -2.34. The van der Waals surface area contributed by atoms with E-state index >= 15 is 0 Å². The molecule has 0 radical (unpaired) electrons. The number of hydrogen-bond donors (Lipinski definition) is 1. The van der Waals surface area contributed by atoms with Crippen molar-refractivity contribution < 1.29 is 14.3 Å². The molecule has 0 aromatic heterocycles. The summed E-state index contributed by atoms with van der Waals surface area (Å²) in [6.45, 7) is 3.64. The topological polar surface area (TPSA) is 61.9 Å². The fourth-order valence-electron chi connectivity index (χ4n) is 3.76. The third kappa shape index (κ3) is 5.10. The van der Waals surface area contributed by atoms with Crippen molar-refractivity contribution in [2.75, 3.05) is 39.8 Å². The number of methoxy groups -OCH3 is 1. The van der Waals surface area contributed by atoms with Crippen LogP contribution in [-0.2, 0) is 9.59 Å². The molecule has 1 aromatic carbocycles. The number of rotatable bonds is 6. The van der Waals surface area contributed by atoms with Crippen LogP contribution in [0.5, 0.6) is 5.75 Å². The fourth-order valence-corrected chi connectivity index (χ4v) is 3.76.